The highest BCUT2D eigenvalue weighted by Gasteiger charge is 2.07. The van der Waals surface area contributed by atoms with Crippen LogP contribution in [0.5, 0.6) is 0 Å². The van der Waals surface area contributed by atoms with E-state index in [0.29, 0.717) is 0 Å². The molecule has 1 nitrogen and oxygen atoms in total. The first-order valence-corrected chi connectivity index (χ1v) is 5.98. The van der Waals surface area contributed by atoms with Crippen LogP contribution in [0.15, 0.2) is 18.2 Å². The maximum Gasteiger partial charge on any atom is 0.0297 e. The molecule has 1 atom stereocenters. The Morgan fingerprint density at radius 2 is 1.88 bits per heavy atom. The second-order valence-corrected chi connectivity index (χ2v) is 4.46. The van der Waals surface area contributed by atoms with Gasteiger partial charge in [-0.3, -0.25) is 0 Å². The fraction of sp³-hybridized carbons (Fsp3) is 0.571. The molecule has 2 N–H and O–H groups in total. The Hall–Kier alpha value is -0.530. The molecule has 1 rings (SSSR count). The van der Waals surface area contributed by atoms with Crippen molar-refractivity contribution >= 4 is 12.4 Å². The molecule has 0 fully saturated rings. The summed E-state index contributed by atoms with van der Waals surface area (Å²) in [5, 5.41) is 0. The van der Waals surface area contributed by atoms with E-state index >= 15 is 0 Å². The Kier molecular flexibility index (Phi) is 7.44. The van der Waals surface area contributed by atoms with Crippen molar-refractivity contribution < 1.29 is 0 Å². The van der Waals surface area contributed by atoms with Crippen LogP contribution >= 0.6 is 12.4 Å². The third-order valence-corrected chi connectivity index (χ3v) is 2.94. The first-order valence-electron chi connectivity index (χ1n) is 5.98. The van der Waals surface area contributed by atoms with E-state index < -0.39 is 0 Å². The van der Waals surface area contributed by atoms with Gasteiger partial charge in [-0.15, -0.1) is 12.4 Å². The predicted molar refractivity (Wildman–Crippen MR) is 74.2 cm³/mol. The van der Waals surface area contributed by atoms with Crippen molar-refractivity contribution in [2.24, 2.45) is 5.73 Å². The number of rotatable bonds is 5. The van der Waals surface area contributed by atoms with E-state index in [4.69, 9.17) is 5.73 Å². The summed E-state index contributed by atoms with van der Waals surface area (Å²) in [6.07, 6.45) is 4.90. The van der Waals surface area contributed by atoms with E-state index in [1.54, 1.807) is 0 Å². The molecule has 2 heteroatoms. The highest BCUT2D eigenvalue weighted by molar-refractivity contribution is 5.85. The van der Waals surface area contributed by atoms with Crippen molar-refractivity contribution in [2.75, 3.05) is 0 Å². The monoisotopic (exact) mass is 241 g/mol. The average Bonchev–Trinajstić information content (AvgIpc) is 2.17. The molecule has 0 heterocycles. The molecule has 0 aromatic heterocycles. The third-order valence-electron chi connectivity index (χ3n) is 2.94. The van der Waals surface area contributed by atoms with E-state index in [2.05, 4.69) is 39.0 Å². The molecule has 92 valence electrons. The Bertz CT molecular complexity index is 310. The molecule has 0 unspecified atom stereocenters. The van der Waals surface area contributed by atoms with Crippen LogP contribution in [-0.4, -0.2) is 0 Å². The first kappa shape index (κ1) is 15.5. The number of hydrogen-bond acceptors (Lipinski definition) is 1. The minimum Gasteiger partial charge on any atom is -0.324 e. The molecule has 0 saturated heterocycles. The van der Waals surface area contributed by atoms with Gasteiger partial charge in [0.15, 0.2) is 0 Å². The van der Waals surface area contributed by atoms with Crippen LogP contribution in [0.1, 0.15) is 55.3 Å². The summed E-state index contributed by atoms with van der Waals surface area (Å²) >= 11 is 0. The molecule has 0 saturated carbocycles. The lowest BCUT2D eigenvalue weighted by atomic mass is 9.96. The van der Waals surface area contributed by atoms with Crippen LogP contribution in [0, 0.1) is 13.8 Å². The van der Waals surface area contributed by atoms with Gasteiger partial charge in [-0.25, -0.2) is 0 Å². The quantitative estimate of drug-likeness (QED) is 0.764. The molecular weight excluding hydrogens is 218 g/mol. The minimum atomic E-state index is 0. The van der Waals surface area contributed by atoms with Gasteiger partial charge in [0.1, 0.15) is 0 Å². The Labute approximate surface area is 106 Å². The second kappa shape index (κ2) is 7.70. The summed E-state index contributed by atoms with van der Waals surface area (Å²) in [6, 6.07) is 6.77. The topological polar surface area (TPSA) is 26.0 Å². The van der Waals surface area contributed by atoms with Crippen molar-refractivity contribution in [3.05, 3.63) is 34.9 Å². The Morgan fingerprint density at radius 1 is 1.19 bits per heavy atom. The molecule has 0 aliphatic rings. The van der Waals surface area contributed by atoms with Gasteiger partial charge >= 0.3 is 0 Å². The van der Waals surface area contributed by atoms with Gasteiger partial charge < -0.3 is 5.73 Å². The zero-order valence-corrected chi connectivity index (χ0v) is 11.4. The van der Waals surface area contributed by atoms with Gasteiger partial charge in [-0.2, -0.15) is 0 Å². The standard InChI is InChI=1S/C14H23N.ClH/c1-4-5-6-7-14(15)13-9-8-11(2)10-12(13)3;/h8-10,14H,4-7,15H2,1-3H3;1H/t14-;/m0./s1. The van der Waals surface area contributed by atoms with Crippen molar-refractivity contribution in [1.82, 2.24) is 0 Å². The lowest BCUT2D eigenvalue weighted by molar-refractivity contribution is 0.579. The van der Waals surface area contributed by atoms with E-state index in [9.17, 15) is 0 Å². The minimum absolute atomic E-state index is 0. The highest BCUT2D eigenvalue weighted by atomic mass is 35.5. The number of benzene rings is 1. The van der Waals surface area contributed by atoms with Crippen LogP contribution in [-0.2, 0) is 0 Å². The molecule has 0 aliphatic carbocycles. The highest BCUT2D eigenvalue weighted by Crippen LogP contribution is 2.21. The van der Waals surface area contributed by atoms with E-state index in [0.717, 1.165) is 6.42 Å². The SMILES string of the molecule is CCCCC[C@H](N)c1ccc(C)cc1C.Cl. The summed E-state index contributed by atoms with van der Waals surface area (Å²) in [5.74, 6) is 0. The molecule has 0 spiro atoms. The third kappa shape index (κ3) is 4.54. The van der Waals surface area contributed by atoms with Gasteiger partial charge in [-0.05, 0) is 31.4 Å². The molecule has 0 aliphatic heterocycles. The smallest absolute Gasteiger partial charge is 0.0297 e. The lowest BCUT2D eigenvalue weighted by Gasteiger charge is -2.15. The Balaban J connectivity index is 0.00000225. The normalized spacial score (nSPS) is 12.0. The van der Waals surface area contributed by atoms with Gasteiger partial charge in [0.25, 0.3) is 0 Å². The Morgan fingerprint density at radius 3 is 2.44 bits per heavy atom. The summed E-state index contributed by atoms with van der Waals surface area (Å²) in [7, 11) is 0. The van der Waals surface area contributed by atoms with E-state index in [-0.39, 0.29) is 18.4 Å². The van der Waals surface area contributed by atoms with E-state index in [1.807, 2.05) is 0 Å². The van der Waals surface area contributed by atoms with Crippen molar-refractivity contribution in [3.63, 3.8) is 0 Å². The zero-order valence-electron chi connectivity index (χ0n) is 10.6. The second-order valence-electron chi connectivity index (χ2n) is 4.46. The molecule has 0 bridgehead atoms. The largest absolute Gasteiger partial charge is 0.324 e. The molecular formula is C14H24ClN. The van der Waals surface area contributed by atoms with Crippen LogP contribution in [0.25, 0.3) is 0 Å². The molecule has 0 radical (unpaired) electrons. The van der Waals surface area contributed by atoms with E-state index in [1.165, 1.54) is 36.0 Å². The molecule has 1 aromatic rings. The van der Waals surface area contributed by atoms with Crippen LogP contribution in [0.3, 0.4) is 0 Å². The van der Waals surface area contributed by atoms with Gasteiger partial charge in [0.2, 0.25) is 0 Å². The van der Waals surface area contributed by atoms with Crippen molar-refractivity contribution in [1.29, 1.82) is 0 Å². The fourth-order valence-corrected chi connectivity index (χ4v) is 2.01. The molecule has 0 amide bonds. The lowest BCUT2D eigenvalue weighted by Crippen LogP contribution is -2.11. The van der Waals surface area contributed by atoms with Gasteiger partial charge in [0.05, 0.1) is 0 Å². The molecule has 16 heavy (non-hydrogen) atoms. The summed E-state index contributed by atoms with van der Waals surface area (Å²) in [5.41, 5.74) is 10.2. The number of halogens is 1. The van der Waals surface area contributed by atoms with Gasteiger partial charge in [0, 0.05) is 6.04 Å². The number of unbranched alkanes of at least 4 members (excludes halogenated alkanes) is 2. The van der Waals surface area contributed by atoms with Crippen molar-refractivity contribution in [2.45, 2.75) is 52.5 Å². The summed E-state index contributed by atoms with van der Waals surface area (Å²) in [4.78, 5) is 0. The zero-order chi connectivity index (χ0) is 11.3. The molecule has 1 aromatic carbocycles. The number of nitrogens with two attached hydrogens (primary N) is 1. The van der Waals surface area contributed by atoms with Crippen molar-refractivity contribution in [3.8, 4) is 0 Å². The maximum absolute atomic E-state index is 6.19. The summed E-state index contributed by atoms with van der Waals surface area (Å²) in [6.45, 7) is 6.50. The number of hydrogen-bond donors (Lipinski definition) is 1. The van der Waals surface area contributed by atoms with Crippen LogP contribution in [0.4, 0.5) is 0 Å². The predicted octanol–water partition coefficient (Wildman–Crippen LogP) is 4.31. The maximum atomic E-state index is 6.19. The number of aryl methyl sites for hydroxylation is 2. The van der Waals surface area contributed by atoms with Crippen LogP contribution < -0.4 is 5.73 Å². The van der Waals surface area contributed by atoms with Gasteiger partial charge in [-0.1, -0.05) is 49.9 Å². The fourth-order valence-electron chi connectivity index (χ4n) is 2.01. The average molecular weight is 242 g/mol. The first-order chi connectivity index (χ1) is 7.15. The summed E-state index contributed by atoms with van der Waals surface area (Å²) < 4.78 is 0. The van der Waals surface area contributed by atoms with Crippen LogP contribution in [0.2, 0.25) is 0 Å².